The highest BCUT2D eigenvalue weighted by atomic mass is 19.4. The third-order valence-corrected chi connectivity index (χ3v) is 5.70. The summed E-state index contributed by atoms with van der Waals surface area (Å²) >= 11 is 0. The highest BCUT2D eigenvalue weighted by molar-refractivity contribution is 5.76. The van der Waals surface area contributed by atoms with Gasteiger partial charge in [0.15, 0.2) is 11.6 Å². The molecule has 0 heterocycles. The van der Waals surface area contributed by atoms with E-state index in [0.29, 0.717) is 0 Å². The lowest BCUT2D eigenvalue weighted by Gasteiger charge is -2.23. The van der Waals surface area contributed by atoms with Crippen LogP contribution in [0, 0.1) is 25.5 Å². The van der Waals surface area contributed by atoms with E-state index in [1.165, 1.54) is 6.07 Å². The van der Waals surface area contributed by atoms with Crippen LogP contribution in [0.4, 0.5) is 22.0 Å². The summed E-state index contributed by atoms with van der Waals surface area (Å²) in [7, 11) is 0. The summed E-state index contributed by atoms with van der Waals surface area (Å²) in [5.74, 6) is -6.30. The molecule has 204 valence electrons. The molecule has 2 N–H and O–H groups in total. The normalized spacial score (nSPS) is 13.2. The molecule has 0 saturated carbocycles. The Hall–Kier alpha value is -3.05. The van der Waals surface area contributed by atoms with Crippen molar-refractivity contribution in [1.82, 2.24) is 5.32 Å². The van der Waals surface area contributed by atoms with Gasteiger partial charge in [0.05, 0.1) is 12.5 Å². The van der Waals surface area contributed by atoms with Crippen LogP contribution < -0.4 is 5.32 Å². The smallest absolute Gasteiger partial charge is 0.387 e. The van der Waals surface area contributed by atoms with E-state index in [1.807, 2.05) is 39.0 Å². The van der Waals surface area contributed by atoms with E-state index in [4.69, 9.17) is 0 Å². The molecule has 0 spiro atoms. The van der Waals surface area contributed by atoms with Gasteiger partial charge in [-0.25, -0.2) is 28.1 Å². The van der Waals surface area contributed by atoms with E-state index in [9.17, 15) is 36.6 Å². The van der Waals surface area contributed by atoms with Gasteiger partial charge in [0.1, 0.15) is 0 Å². The van der Waals surface area contributed by atoms with Gasteiger partial charge in [0.2, 0.25) is 0 Å². The standard InChI is InChI=1S/C26H30F5NO5/c1-4-6-21(18-10-9-15(2)11-16(18)3)32-14-22(33)19-12-17(13-20(27)24(19)28)7-5-8-23(34)36-37-25(35)26(29,30)31/h9-13,21-22,32-33H,4-8,14H2,1-3H3/t21-,22+/m0/s1. The maximum Gasteiger partial charge on any atom is 0.495 e. The first-order chi connectivity index (χ1) is 17.3. The fourth-order valence-corrected chi connectivity index (χ4v) is 3.90. The molecule has 0 aliphatic carbocycles. The Labute approximate surface area is 211 Å². The average molecular weight is 532 g/mol. The molecule has 0 amide bonds. The molecule has 0 radical (unpaired) electrons. The van der Waals surface area contributed by atoms with Gasteiger partial charge in [-0.15, -0.1) is 0 Å². The first kappa shape index (κ1) is 30.2. The van der Waals surface area contributed by atoms with Crippen LogP contribution in [-0.2, 0) is 25.8 Å². The monoisotopic (exact) mass is 531 g/mol. The van der Waals surface area contributed by atoms with E-state index < -0.39 is 42.3 Å². The first-order valence-corrected chi connectivity index (χ1v) is 11.8. The third-order valence-electron chi connectivity index (χ3n) is 5.70. The second-order valence-corrected chi connectivity index (χ2v) is 8.78. The molecule has 2 atom stereocenters. The topological polar surface area (TPSA) is 84.9 Å². The summed E-state index contributed by atoms with van der Waals surface area (Å²) in [6, 6.07) is 8.10. The quantitative estimate of drug-likeness (QED) is 0.222. The predicted octanol–water partition coefficient (Wildman–Crippen LogP) is 5.63. The number of aliphatic hydroxyl groups excluding tert-OH is 1. The Balaban J connectivity index is 2.00. The van der Waals surface area contributed by atoms with Crippen molar-refractivity contribution < 1.29 is 46.4 Å². The zero-order valence-electron chi connectivity index (χ0n) is 20.8. The first-order valence-electron chi connectivity index (χ1n) is 11.8. The molecule has 0 aliphatic heterocycles. The molecule has 2 aromatic carbocycles. The maximum absolute atomic E-state index is 14.5. The van der Waals surface area contributed by atoms with Crippen LogP contribution in [0.3, 0.4) is 0 Å². The Morgan fingerprint density at radius 3 is 2.38 bits per heavy atom. The van der Waals surface area contributed by atoms with E-state index in [-0.39, 0.29) is 36.6 Å². The van der Waals surface area contributed by atoms with Gasteiger partial charge in [-0.05, 0) is 55.9 Å². The van der Waals surface area contributed by atoms with E-state index in [2.05, 4.69) is 15.1 Å². The lowest BCUT2D eigenvalue weighted by molar-refractivity contribution is -0.285. The van der Waals surface area contributed by atoms with Crippen LogP contribution >= 0.6 is 0 Å². The molecule has 0 fully saturated rings. The second-order valence-electron chi connectivity index (χ2n) is 8.78. The van der Waals surface area contributed by atoms with Crippen molar-refractivity contribution in [3.63, 3.8) is 0 Å². The van der Waals surface area contributed by atoms with Crippen LogP contribution in [0.25, 0.3) is 0 Å². The minimum atomic E-state index is -5.31. The predicted molar refractivity (Wildman–Crippen MR) is 124 cm³/mol. The van der Waals surface area contributed by atoms with E-state index in [0.717, 1.165) is 35.6 Å². The zero-order valence-corrected chi connectivity index (χ0v) is 20.8. The van der Waals surface area contributed by atoms with Crippen LogP contribution in [0.1, 0.15) is 72.6 Å². The molecule has 11 heteroatoms. The number of benzene rings is 2. The number of halogens is 5. The summed E-state index contributed by atoms with van der Waals surface area (Å²) in [4.78, 5) is 29.2. The lowest BCUT2D eigenvalue weighted by Crippen LogP contribution is -2.27. The zero-order chi connectivity index (χ0) is 27.8. The molecular formula is C26H30F5NO5. The lowest BCUT2D eigenvalue weighted by atomic mass is 9.95. The summed E-state index contributed by atoms with van der Waals surface area (Å²) in [5.41, 5.74) is 3.23. The SMILES string of the molecule is CCC[C@H](NC[C@@H](O)c1cc(CCCC(=O)OOC(=O)C(F)(F)F)cc(F)c1F)c1ccc(C)cc1C. The Bertz CT molecular complexity index is 1090. The van der Waals surface area contributed by atoms with Gasteiger partial charge in [-0.3, -0.25) is 0 Å². The number of aliphatic hydroxyl groups is 1. The number of rotatable bonds is 11. The average Bonchev–Trinajstić information content (AvgIpc) is 2.81. The van der Waals surface area contributed by atoms with Crippen LogP contribution in [0.2, 0.25) is 0 Å². The molecule has 2 rings (SSSR count). The number of aryl methyl sites for hydroxylation is 3. The van der Waals surface area contributed by atoms with Crippen molar-refractivity contribution in [2.75, 3.05) is 6.54 Å². The van der Waals surface area contributed by atoms with Crippen LogP contribution in [0.5, 0.6) is 0 Å². The number of hydrogen-bond acceptors (Lipinski definition) is 6. The molecule has 0 bridgehead atoms. The Morgan fingerprint density at radius 1 is 1.05 bits per heavy atom. The number of alkyl halides is 3. The number of carbonyl (C=O) groups excluding carboxylic acids is 2. The molecule has 6 nitrogen and oxygen atoms in total. The van der Waals surface area contributed by atoms with Crippen molar-refractivity contribution >= 4 is 11.9 Å². The molecule has 0 saturated heterocycles. The van der Waals surface area contributed by atoms with Crippen molar-refractivity contribution in [3.8, 4) is 0 Å². The third kappa shape index (κ3) is 9.08. The molecule has 37 heavy (non-hydrogen) atoms. The van der Waals surface area contributed by atoms with Gasteiger partial charge >= 0.3 is 18.1 Å². The molecule has 0 aromatic heterocycles. The minimum absolute atomic E-state index is 0.0213. The summed E-state index contributed by atoms with van der Waals surface area (Å²) in [6.07, 6.45) is -5.50. The van der Waals surface area contributed by atoms with Gasteiger partial charge in [-0.1, -0.05) is 43.2 Å². The van der Waals surface area contributed by atoms with Gasteiger partial charge in [-0.2, -0.15) is 13.2 Å². The minimum Gasteiger partial charge on any atom is -0.387 e. The van der Waals surface area contributed by atoms with Gasteiger partial charge < -0.3 is 10.4 Å². The fraction of sp³-hybridized carbons (Fsp3) is 0.462. The van der Waals surface area contributed by atoms with E-state index >= 15 is 0 Å². The number of nitrogens with one attached hydrogen (secondary N) is 1. The highest BCUT2D eigenvalue weighted by Gasteiger charge is 2.43. The van der Waals surface area contributed by atoms with Crippen LogP contribution in [-0.4, -0.2) is 29.8 Å². The summed E-state index contributed by atoms with van der Waals surface area (Å²) in [6.45, 7) is 5.94. The maximum atomic E-state index is 14.5. The van der Waals surface area contributed by atoms with Gasteiger partial charge in [0.25, 0.3) is 0 Å². The van der Waals surface area contributed by atoms with E-state index in [1.54, 1.807) is 0 Å². The fourth-order valence-electron chi connectivity index (χ4n) is 3.90. The summed E-state index contributed by atoms with van der Waals surface area (Å²) < 4.78 is 64.8. The second kappa shape index (κ2) is 13.5. The number of hydrogen-bond donors (Lipinski definition) is 2. The summed E-state index contributed by atoms with van der Waals surface area (Å²) in [5, 5.41) is 13.9. The Kier molecular flexibility index (Phi) is 11.0. The van der Waals surface area contributed by atoms with Gasteiger partial charge in [0, 0.05) is 18.2 Å². The molecule has 2 aromatic rings. The van der Waals surface area contributed by atoms with Crippen molar-refractivity contribution in [1.29, 1.82) is 0 Å². The molecular weight excluding hydrogens is 501 g/mol. The molecule has 0 aliphatic rings. The largest absolute Gasteiger partial charge is 0.495 e. The number of carbonyl (C=O) groups is 2. The molecule has 0 unspecified atom stereocenters. The van der Waals surface area contributed by atoms with Crippen molar-refractivity contribution in [2.24, 2.45) is 0 Å². The Morgan fingerprint density at radius 2 is 1.76 bits per heavy atom. The van der Waals surface area contributed by atoms with Crippen LogP contribution in [0.15, 0.2) is 30.3 Å². The highest BCUT2D eigenvalue weighted by Crippen LogP contribution is 2.26. The van der Waals surface area contributed by atoms with Crippen molar-refractivity contribution in [2.45, 2.75) is 71.2 Å². The van der Waals surface area contributed by atoms with Crippen molar-refractivity contribution in [3.05, 3.63) is 69.8 Å².